The first-order valence-electron chi connectivity index (χ1n) is 10.4. The number of hydrogen-bond acceptors (Lipinski definition) is 6. The van der Waals surface area contributed by atoms with Crippen molar-refractivity contribution in [3.63, 3.8) is 0 Å². The number of hydrogen-bond donors (Lipinski definition) is 0. The molecule has 0 atom stereocenters. The van der Waals surface area contributed by atoms with Gasteiger partial charge in [-0.1, -0.05) is 17.4 Å². The highest BCUT2D eigenvalue weighted by atomic mass is 32.1. The van der Waals surface area contributed by atoms with E-state index >= 15 is 0 Å². The Balaban J connectivity index is 1.24. The summed E-state index contributed by atoms with van der Waals surface area (Å²) >= 11 is 1.69. The minimum absolute atomic E-state index is 0.0369. The maximum absolute atomic E-state index is 12.9. The van der Waals surface area contributed by atoms with E-state index in [0.717, 1.165) is 23.7 Å². The minimum atomic E-state index is -0.190. The monoisotopic (exact) mass is 434 g/mol. The summed E-state index contributed by atoms with van der Waals surface area (Å²) < 4.78 is 1.18. The van der Waals surface area contributed by atoms with Crippen LogP contribution < -0.4 is 9.80 Å². The van der Waals surface area contributed by atoms with Crippen LogP contribution in [0.1, 0.15) is 28.8 Å². The van der Waals surface area contributed by atoms with Gasteiger partial charge in [0.2, 0.25) is 11.8 Å². The van der Waals surface area contributed by atoms with Crippen molar-refractivity contribution in [3.8, 4) is 0 Å². The Morgan fingerprint density at radius 2 is 1.61 bits per heavy atom. The van der Waals surface area contributed by atoms with E-state index in [2.05, 4.69) is 30.0 Å². The summed E-state index contributed by atoms with van der Waals surface area (Å²) in [4.78, 5) is 46.7. The molecular weight excluding hydrogens is 412 g/mol. The molecule has 2 aliphatic heterocycles. The molecule has 0 bridgehead atoms. The quantitative estimate of drug-likeness (QED) is 0.592. The smallest absolute Gasteiger partial charge is 0.253 e. The molecule has 2 aliphatic rings. The number of piperazine rings is 1. The molecule has 2 fully saturated rings. The van der Waals surface area contributed by atoms with Crippen molar-refractivity contribution in [2.75, 3.05) is 36.0 Å². The molecule has 0 spiro atoms. The molecule has 3 heterocycles. The van der Waals surface area contributed by atoms with Crippen molar-refractivity contribution >= 4 is 50.1 Å². The van der Waals surface area contributed by atoms with Crippen LogP contribution in [-0.4, -0.2) is 53.8 Å². The van der Waals surface area contributed by atoms with Crippen LogP contribution in [0.5, 0.6) is 0 Å². The Bertz CT molecular complexity index is 1160. The number of carbonyl (C=O) groups excluding carboxylic acids is 3. The van der Waals surface area contributed by atoms with Gasteiger partial charge >= 0.3 is 0 Å². The van der Waals surface area contributed by atoms with Crippen LogP contribution in [0.3, 0.4) is 0 Å². The number of carbonyl (C=O) groups is 3. The molecule has 1 aromatic heterocycles. The fourth-order valence-electron chi connectivity index (χ4n) is 4.06. The normalized spacial score (nSPS) is 17.1. The average Bonchev–Trinajstić information content (AvgIpc) is 3.36. The molecule has 3 aromatic rings. The van der Waals surface area contributed by atoms with E-state index in [1.807, 2.05) is 4.90 Å². The van der Waals surface area contributed by atoms with Gasteiger partial charge in [0, 0.05) is 44.6 Å². The van der Waals surface area contributed by atoms with Crippen LogP contribution in [0, 0.1) is 6.92 Å². The van der Waals surface area contributed by atoms with Gasteiger partial charge in [0.15, 0.2) is 5.13 Å². The zero-order valence-electron chi connectivity index (χ0n) is 17.2. The highest BCUT2D eigenvalue weighted by Gasteiger charge is 2.30. The van der Waals surface area contributed by atoms with E-state index in [0.29, 0.717) is 24.3 Å². The van der Waals surface area contributed by atoms with Gasteiger partial charge in [-0.3, -0.25) is 19.3 Å². The van der Waals surface area contributed by atoms with Crippen molar-refractivity contribution in [2.24, 2.45) is 0 Å². The van der Waals surface area contributed by atoms with E-state index < -0.39 is 0 Å². The Morgan fingerprint density at radius 1 is 0.935 bits per heavy atom. The first-order valence-corrected chi connectivity index (χ1v) is 11.2. The second-order valence-corrected chi connectivity index (χ2v) is 8.93. The minimum Gasteiger partial charge on any atom is -0.345 e. The molecule has 0 saturated carbocycles. The molecule has 0 radical (unpaired) electrons. The standard InChI is InChI=1S/C23H22N4O3S/c1-15-2-7-18-19(14-15)31-23(24-18)26-12-10-25(11-13-26)22(30)16-3-5-17(6-4-16)27-20(28)8-9-21(27)29/h2-7,14H,8-13H2,1H3. The molecule has 7 nitrogen and oxygen atoms in total. The number of nitrogens with zero attached hydrogens (tertiary/aromatic N) is 4. The number of rotatable bonds is 3. The lowest BCUT2D eigenvalue weighted by Gasteiger charge is -2.34. The molecule has 5 rings (SSSR count). The van der Waals surface area contributed by atoms with E-state index in [-0.39, 0.29) is 30.6 Å². The number of amides is 3. The third-order valence-electron chi connectivity index (χ3n) is 5.79. The van der Waals surface area contributed by atoms with Gasteiger partial charge in [0.25, 0.3) is 5.91 Å². The number of anilines is 2. The lowest BCUT2D eigenvalue weighted by molar-refractivity contribution is -0.121. The summed E-state index contributed by atoms with van der Waals surface area (Å²) in [6, 6.07) is 13.0. The fourth-order valence-corrected chi connectivity index (χ4v) is 5.17. The second kappa shape index (κ2) is 7.77. The molecule has 0 aliphatic carbocycles. The lowest BCUT2D eigenvalue weighted by atomic mass is 10.1. The summed E-state index contributed by atoms with van der Waals surface area (Å²) in [5, 5.41) is 0.997. The number of fused-ring (bicyclic) bond motifs is 1. The molecule has 2 aromatic carbocycles. The zero-order valence-corrected chi connectivity index (χ0v) is 18.0. The van der Waals surface area contributed by atoms with Gasteiger partial charge in [0.05, 0.1) is 15.9 Å². The van der Waals surface area contributed by atoms with Crippen molar-refractivity contribution in [2.45, 2.75) is 19.8 Å². The van der Waals surface area contributed by atoms with Crippen molar-refractivity contribution in [1.82, 2.24) is 9.88 Å². The number of thiazole rings is 1. The molecule has 8 heteroatoms. The Morgan fingerprint density at radius 3 is 2.29 bits per heavy atom. The van der Waals surface area contributed by atoms with E-state index in [1.54, 1.807) is 35.6 Å². The molecular formula is C23H22N4O3S. The maximum atomic E-state index is 12.9. The SMILES string of the molecule is Cc1ccc2nc(N3CCN(C(=O)c4ccc(N5C(=O)CCC5=O)cc4)CC3)sc2c1. The first kappa shape index (κ1) is 19.7. The Hall–Kier alpha value is -3.26. The maximum Gasteiger partial charge on any atom is 0.253 e. The van der Waals surface area contributed by atoms with Gasteiger partial charge in [-0.05, 0) is 48.9 Å². The van der Waals surface area contributed by atoms with E-state index in [4.69, 9.17) is 4.98 Å². The third-order valence-corrected chi connectivity index (χ3v) is 6.87. The van der Waals surface area contributed by atoms with Crippen LogP contribution >= 0.6 is 11.3 Å². The van der Waals surface area contributed by atoms with Crippen LogP contribution in [-0.2, 0) is 9.59 Å². The number of aromatic nitrogens is 1. The molecule has 0 N–H and O–H groups in total. The van der Waals surface area contributed by atoms with Crippen LogP contribution in [0.25, 0.3) is 10.2 Å². The number of benzene rings is 2. The summed E-state index contributed by atoms with van der Waals surface area (Å²) in [6.07, 6.45) is 0.496. The van der Waals surface area contributed by atoms with Crippen molar-refractivity contribution in [1.29, 1.82) is 0 Å². The highest BCUT2D eigenvalue weighted by molar-refractivity contribution is 7.22. The molecule has 2 saturated heterocycles. The second-order valence-electron chi connectivity index (χ2n) is 7.92. The summed E-state index contributed by atoms with van der Waals surface area (Å²) in [5.41, 5.74) is 3.33. The van der Waals surface area contributed by atoms with Crippen molar-refractivity contribution in [3.05, 3.63) is 53.6 Å². The fraction of sp³-hybridized carbons (Fsp3) is 0.304. The lowest BCUT2D eigenvalue weighted by Crippen LogP contribution is -2.48. The Kier molecular flexibility index (Phi) is 4.94. The van der Waals surface area contributed by atoms with Gasteiger partial charge < -0.3 is 9.80 Å². The molecule has 31 heavy (non-hydrogen) atoms. The van der Waals surface area contributed by atoms with Crippen LogP contribution in [0.4, 0.5) is 10.8 Å². The van der Waals surface area contributed by atoms with Crippen LogP contribution in [0.15, 0.2) is 42.5 Å². The largest absolute Gasteiger partial charge is 0.345 e. The zero-order chi connectivity index (χ0) is 21.5. The first-order chi connectivity index (χ1) is 15.0. The molecule has 0 unspecified atom stereocenters. The Labute approximate surface area is 183 Å². The van der Waals surface area contributed by atoms with Gasteiger partial charge in [-0.25, -0.2) is 4.98 Å². The molecule has 158 valence electrons. The van der Waals surface area contributed by atoms with Crippen LogP contribution in [0.2, 0.25) is 0 Å². The van der Waals surface area contributed by atoms with Gasteiger partial charge in [-0.2, -0.15) is 0 Å². The predicted molar refractivity (Wildman–Crippen MR) is 121 cm³/mol. The van der Waals surface area contributed by atoms with Gasteiger partial charge in [0.1, 0.15) is 0 Å². The highest BCUT2D eigenvalue weighted by Crippen LogP contribution is 2.30. The summed E-state index contributed by atoms with van der Waals surface area (Å²) in [7, 11) is 0. The third kappa shape index (κ3) is 3.67. The van der Waals surface area contributed by atoms with E-state index in [9.17, 15) is 14.4 Å². The number of aryl methyl sites for hydroxylation is 1. The summed E-state index contributed by atoms with van der Waals surface area (Å²) in [5.74, 6) is -0.416. The topological polar surface area (TPSA) is 73.8 Å². The van der Waals surface area contributed by atoms with E-state index in [1.165, 1.54) is 15.2 Å². The average molecular weight is 435 g/mol. The predicted octanol–water partition coefficient (Wildman–Crippen LogP) is 3.22. The molecule has 3 amide bonds. The van der Waals surface area contributed by atoms with Gasteiger partial charge in [-0.15, -0.1) is 0 Å². The number of imide groups is 1. The van der Waals surface area contributed by atoms with Crippen molar-refractivity contribution < 1.29 is 14.4 Å². The summed E-state index contributed by atoms with van der Waals surface area (Å²) in [6.45, 7) is 4.80.